The van der Waals surface area contributed by atoms with E-state index in [-0.39, 0.29) is 0 Å². The Bertz CT molecular complexity index is 606. The second-order valence-electron chi connectivity index (χ2n) is 4.79. The third-order valence-electron chi connectivity index (χ3n) is 2.85. The fourth-order valence-corrected chi connectivity index (χ4v) is 4.34. The Morgan fingerprint density at radius 3 is 2.60 bits per heavy atom. The molecule has 0 aromatic carbocycles. The highest BCUT2D eigenvalue weighted by atomic mass is 127. The topological polar surface area (TPSA) is 37.8 Å². The number of aryl methyl sites for hydroxylation is 1. The second-order valence-corrected chi connectivity index (χ2v) is 7.98. The molecule has 1 N–H and O–H groups in total. The highest BCUT2D eigenvalue weighted by Gasteiger charge is 2.17. The van der Waals surface area contributed by atoms with Crippen LogP contribution in [0.5, 0.6) is 0 Å². The van der Waals surface area contributed by atoms with Gasteiger partial charge in [-0.1, -0.05) is 13.8 Å². The highest BCUT2D eigenvalue weighted by Crippen LogP contribution is 2.35. The Kier molecular flexibility index (Phi) is 5.42. The van der Waals surface area contributed by atoms with E-state index in [0.29, 0.717) is 5.92 Å². The summed E-state index contributed by atoms with van der Waals surface area (Å²) in [6.45, 7) is 9.37. The molecule has 2 heterocycles. The van der Waals surface area contributed by atoms with E-state index >= 15 is 0 Å². The summed E-state index contributed by atoms with van der Waals surface area (Å²) in [5.41, 5.74) is 1.11. The van der Waals surface area contributed by atoms with Gasteiger partial charge in [0.1, 0.15) is 5.82 Å². The van der Waals surface area contributed by atoms with Crippen molar-refractivity contribution in [3.63, 3.8) is 0 Å². The summed E-state index contributed by atoms with van der Waals surface area (Å²) < 4.78 is 2.24. The normalized spacial score (nSPS) is 11.2. The number of nitrogens with one attached hydrogen (secondary N) is 1. The summed E-state index contributed by atoms with van der Waals surface area (Å²) in [6.07, 6.45) is 0. The van der Waals surface area contributed by atoms with Crippen LogP contribution in [0.15, 0.2) is 10.5 Å². The summed E-state index contributed by atoms with van der Waals surface area (Å²) in [4.78, 5) is 11.8. The lowest BCUT2D eigenvalue weighted by atomic mass is 10.1. The lowest BCUT2D eigenvalue weighted by Crippen LogP contribution is -2.08. The smallest absolute Gasteiger partial charge is 0.171 e. The highest BCUT2D eigenvalue weighted by molar-refractivity contribution is 14.1. The molecule has 0 aliphatic heterocycles. The van der Waals surface area contributed by atoms with E-state index in [2.05, 4.69) is 82.6 Å². The van der Waals surface area contributed by atoms with Crippen molar-refractivity contribution in [3.05, 3.63) is 24.7 Å². The van der Waals surface area contributed by atoms with Crippen molar-refractivity contribution in [2.75, 3.05) is 11.9 Å². The fourth-order valence-electron chi connectivity index (χ4n) is 1.81. The largest absolute Gasteiger partial charge is 0.369 e. The van der Waals surface area contributed by atoms with Crippen molar-refractivity contribution in [2.24, 2.45) is 0 Å². The predicted molar refractivity (Wildman–Crippen MR) is 98.8 cm³/mol. The van der Waals surface area contributed by atoms with Gasteiger partial charge >= 0.3 is 0 Å². The lowest BCUT2D eigenvalue weighted by molar-refractivity contribution is 0.809. The number of hydrogen-bond donors (Lipinski definition) is 1. The van der Waals surface area contributed by atoms with Crippen LogP contribution >= 0.6 is 49.9 Å². The van der Waals surface area contributed by atoms with Crippen molar-refractivity contribution >= 4 is 55.7 Å². The molecule has 0 aliphatic carbocycles. The zero-order valence-electron chi connectivity index (χ0n) is 11.9. The van der Waals surface area contributed by atoms with Gasteiger partial charge in [-0.2, -0.15) is 0 Å². The Hall–Kier alpha value is -0.210. The Morgan fingerprint density at radius 1 is 1.40 bits per heavy atom. The molecular formula is C14H17BrIN3S. The number of hydrogen-bond acceptors (Lipinski definition) is 4. The minimum Gasteiger partial charge on any atom is -0.369 e. The first kappa shape index (κ1) is 16.2. The summed E-state index contributed by atoms with van der Waals surface area (Å²) in [6, 6.07) is 2.10. The SMILES string of the molecule is CCNc1nc(-c2cc(Br)c(C)s2)nc(C(C)C)c1I. The van der Waals surface area contributed by atoms with E-state index in [9.17, 15) is 0 Å². The van der Waals surface area contributed by atoms with Crippen LogP contribution in [0.2, 0.25) is 0 Å². The van der Waals surface area contributed by atoms with Gasteiger partial charge in [0.15, 0.2) is 5.82 Å². The number of anilines is 1. The molecule has 2 aromatic heterocycles. The van der Waals surface area contributed by atoms with Crippen molar-refractivity contribution in [1.29, 1.82) is 0 Å². The average molecular weight is 466 g/mol. The van der Waals surface area contributed by atoms with Crippen LogP contribution in [0.1, 0.15) is 37.3 Å². The third kappa shape index (κ3) is 3.33. The molecule has 2 aromatic rings. The molecule has 0 aliphatic rings. The Labute approximate surface area is 145 Å². The molecule has 108 valence electrons. The predicted octanol–water partition coefficient (Wildman–Crippen LogP) is 5.44. The molecule has 0 saturated heterocycles. The van der Waals surface area contributed by atoms with Crippen LogP contribution in [0.3, 0.4) is 0 Å². The van der Waals surface area contributed by atoms with Gasteiger partial charge in [-0.05, 0) is 64.4 Å². The van der Waals surface area contributed by atoms with E-state index in [1.165, 1.54) is 4.88 Å². The van der Waals surface area contributed by atoms with E-state index < -0.39 is 0 Å². The molecule has 0 saturated carbocycles. The molecule has 0 radical (unpaired) electrons. The first-order valence-corrected chi connectivity index (χ1v) is 9.20. The van der Waals surface area contributed by atoms with Gasteiger partial charge in [0.2, 0.25) is 0 Å². The Balaban J connectivity index is 2.58. The van der Waals surface area contributed by atoms with E-state index in [4.69, 9.17) is 4.98 Å². The van der Waals surface area contributed by atoms with Crippen molar-refractivity contribution in [3.8, 4) is 10.7 Å². The van der Waals surface area contributed by atoms with Crippen LogP contribution in [-0.4, -0.2) is 16.5 Å². The van der Waals surface area contributed by atoms with Crippen LogP contribution < -0.4 is 5.32 Å². The maximum atomic E-state index is 4.77. The molecule has 0 unspecified atom stereocenters. The van der Waals surface area contributed by atoms with Gasteiger partial charge in [-0.15, -0.1) is 11.3 Å². The minimum atomic E-state index is 0.380. The van der Waals surface area contributed by atoms with E-state index in [1.54, 1.807) is 11.3 Å². The lowest BCUT2D eigenvalue weighted by Gasteiger charge is -2.13. The zero-order valence-corrected chi connectivity index (χ0v) is 16.5. The number of rotatable bonds is 4. The summed E-state index contributed by atoms with van der Waals surface area (Å²) in [7, 11) is 0. The molecular weight excluding hydrogens is 449 g/mol. The summed E-state index contributed by atoms with van der Waals surface area (Å²) in [5.74, 6) is 2.12. The molecule has 20 heavy (non-hydrogen) atoms. The van der Waals surface area contributed by atoms with Crippen molar-refractivity contribution < 1.29 is 0 Å². The molecule has 0 fully saturated rings. The van der Waals surface area contributed by atoms with Crippen LogP contribution in [0.4, 0.5) is 5.82 Å². The molecule has 0 spiro atoms. The number of halogens is 2. The molecule has 3 nitrogen and oxygen atoms in total. The average Bonchev–Trinajstić information content (AvgIpc) is 2.72. The first-order chi connectivity index (χ1) is 9.43. The minimum absolute atomic E-state index is 0.380. The van der Waals surface area contributed by atoms with Crippen LogP contribution in [0.25, 0.3) is 10.7 Å². The zero-order chi connectivity index (χ0) is 14.9. The molecule has 0 amide bonds. The first-order valence-electron chi connectivity index (χ1n) is 6.51. The summed E-state index contributed by atoms with van der Waals surface area (Å²) in [5, 5.41) is 3.34. The van der Waals surface area contributed by atoms with Gasteiger partial charge < -0.3 is 5.32 Å². The van der Waals surface area contributed by atoms with Crippen LogP contribution in [0, 0.1) is 10.5 Å². The summed E-state index contributed by atoms with van der Waals surface area (Å²) >= 11 is 7.61. The second kappa shape index (κ2) is 6.70. The maximum absolute atomic E-state index is 4.77. The van der Waals surface area contributed by atoms with Gasteiger partial charge in [0.25, 0.3) is 0 Å². The van der Waals surface area contributed by atoms with Gasteiger partial charge in [0, 0.05) is 15.9 Å². The fraction of sp³-hybridized carbons (Fsp3) is 0.429. The van der Waals surface area contributed by atoms with E-state index in [0.717, 1.165) is 36.8 Å². The third-order valence-corrected chi connectivity index (χ3v) is 6.04. The number of nitrogens with zero attached hydrogens (tertiary/aromatic N) is 2. The van der Waals surface area contributed by atoms with Gasteiger partial charge in [-0.25, -0.2) is 9.97 Å². The molecule has 0 atom stereocenters. The quantitative estimate of drug-likeness (QED) is 0.611. The number of aromatic nitrogens is 2. The molecule has 6 heteroatoms. The van der Waals surface area contributed by atoms with Crippen LogP contribution in [-0.2, 0) is 0 Å². The monoisotopic (exact) mass is 465 g/mol. The van der Waals surface area contributed by atoms with Crippen molar-refractivity contribution in [2.45, 2.75) is 33.6 Å². The van der Waals surface area contributed by atoms with Gasteiger partial charge in [0.05, 0.1) is 14.1 Å². The number of thiophene rings is 1. The standard InChI is InChI=1S/C14H17BrIN3S/c1-5-17-14-11(16)12(7(2)3)18-13(19-14)10-6-9(15)8(4)20-10/h6-7H,5H2,1-4H3,(H,17,18,19). The molecule has 0 bridgehead atoms. The molecule has 2 rings (SSSR count). The van der Waals surface area contributed by atoms with Gasteiger partial charge in [-0.3, -0.25) is 0 Å². The van der Waals surface area contributed by atoms with E-state index in [1.807, 2.05) is 0 Å². The Morgan fingerprint density at radius 2 is 2.10 bits per heavy atom. The van der Waals surface area contributed by atoms with Crippen molar-refractivity contribution in [1.82, 2.24) is 9.97 Å². The maximum Gasteiger partial charge on any atom is 0.171 e.